The van der Waals surface area contributed by atoms with Crippen LogP contribution in [0.4, 0.5) is 5.69 Å². The summed E-state index contributed by atoms with van der Waals surface area (Å²) in [6, 6.07) is 10.0. The third kappa shape index (κ3) is 5.68. The molecule has 0 heterocycles. The second-order valence-corrected chi connectivity index (χ2v) is 4.02. The van der Waals surface area contributed by atoms with Crippen LogP contribution in [-0.2, 0) is 9.53 Å². The smallest absolute Gasteiger partial charge is 0.303 e. The highest BCUT2D eigenvalue weighted by Crippen LogP contribution is 2.13. The van der Waals surface area contributed by atoms with Gasteiger partial charge in [-0.1, -0.05) is 18.2 Å². The van der Waals surface area contributed by atoms with E-state index in [-0.39, 0.29) is 6.42 Å². The lowest BCUT2D eigenvalue weighted by molar-refractivity contribution is -0.137. The van der Waals surface area contributed by atoms with Crippen LogP contribution in [0, 0.1) is 0 Å². The number of carbonyl (C=O) groups is 1. The molecule has 1 aromatic carbocycles. The molecule has 1 rings (SSSR count). The van der Waals surface area contributed by atoms with Crippen LogP contribution in [0.5, 0.6) is 0 Å². The normalized spacial score (nSPS) is 10.3. The molecule has 18 heavy (non-hydrogen) atoms. The number of carboxylic acids is 1. The number of hydrogen-bond donors (Lipinski definition) is 1. The second kappa shape index (κ2) is 8.53. The first kappa shape index (κ1) is 14.5. The van der Waals surface area contributed by atoms with Crippen LogP contribution in [0.2, 0.25) is 0 Å². The van der Waals surface area contributed by atoms with Gasteiger partial charge in [0.1, 0.15) is 0 Å². The molecule has 0 radical (unpaired) electrons. The Kier molecular flexibility index (Phi) is 6.87. The number of benzene rings is 1. The number of anilines is 1. The predicted octanol–water partition coefficient (Wildman–Crippen LogP) is 2.39. The topological polar surface area (TPSA) is 49.8 Å². The fourth-order valence-corrected chi connectivity index (χ4v) is 1.75. The molecule has 0 spiro atoms. The molecule has 1 N–H and O–H groups in total. The van der Waals surface area contributed by atoms with Gasteiger partial charge in [0.2, 0.25) is 0 Å². The first-order chi connectivity index (χ1) is 8.74. The van der Waals surface area contributed by atoms with Crippen LogP contribution >= 0.6 is 0 Å². The van der Waals surface area contributed by atoms with Crippen molar-refractivity contribution < 1.29 is 14.6 Å². The monoisotopic (exact) mass is 251 g/mol. The molecule has 4 nitrogen and oxygen atoms in total. The van der Waals surface area contributed by atoms with Gasteiger partial charge in [0.25, 0.3) is 0 Å². The molecule has 0 aliphatic heterocycles. The Labute approximate surface area is 108 Å². The van der Waals surface area contributed by atoms with Gasteiger partial charge in [0.15, 0.2) is 0 Å². The molecule has 100 valence electrons. The zero-order valence-corrected chi connectivity index (χ0v) is 10.8. The molecule has 0 saturated heterocycles. The average molecular weight is 251 g/mol. The second-order valence-electron chi connectivity index (χ2n) is 4.02. The lowest BCUT2D eigenvalue weighted by Crippen LogP contribution is -2.28. The SMILES string of the molecule is CCOCCN(CCCC(=O)O)c1ccccc1. The average Bonchev–Trinajstić information content (AvgIpc) is 2.38. The van der Waals surface area contributed by atoms with Crippen molar-refractivity contribution in [2.45, 2.75) is 19.8 Å². The van der Waals surface area contributed by atoms with E-state index < -0.39 is 5.97 Å². The van der Waals surface area contributed by atoms with Crippen LogP contribution in [0.1, 0.15) is 19.8 Å². The first-order valence-corrected chi connectivity index (χ1v) is 6.33. The molecule has 0 aliphatic rings. The van der Waals surface area contributed by atoms with E-state index in [1.54, 1.807) is 0 Å². The molecule has 0 amide bonds. The Bertz CT molecular complexity index is 340. The van der Waals surface area contributed by atoms with Gasteiger partial charge in [0, 0.05) is 31.8 Å². The third-order valence-electron chi connectivity index (χ3n) is 2.65. The van der Waals surface area contributed by atoms with Crippen molar-refractivity contribution in [2.24, 2.45) is 0 Å². The van der Waals surface area contributed by atoms with Gasteiger partial charge in [-0.2, -0.15) is 0 Å². The number of aliphatic carboxylic acids is 1. The van der Waals surface area contributed by atoms with Gasteiger partial charge in [-0.15, -0.1) is 0 Å². The molecule has 0 unspecified atom stereocenters. The molecule has 0 aromatic heterocycles. The van der Waals surface area contributed by atoms with Crippen molar-refractivity contribution in [2.75, 3.05) is 31.2 Å². The molecular formula is C14H21NO3. The highest BCUT2D eigenvalue weighted by atomic mass is 16.5. The lowest BCUT2D eigenvalue weighted by atomic mass is 10.2. The molecule has 0 bridgehead atoms. The highest BCUT2D eigenvalue weighted by molar-refractivity contribution is 5.66. The summed E-state index contributed by atoms with van der Waals surface area (Å²) in [5.41, 5.74) is 1.11. The van der Waals surface area contributed by atoms with Gasteiger partial charge in [-0.3, -0.25) is 4.79 Å². The third-order valence-corrected chi connectivity index (χ3v) is 2.65. The van der Waals surface area contributed by atoms with Crippen molar-refractivity contribution in [3.63, 3.8) is 0 Å². The molecular weight excluding hydrogens is 230 g/mol. The number of hydrogen-bond acceptors (Lipinski definition) is 3. The van der Waals surface area contributed by atoms with Crippen molar-refractivity contribution in [1.82, 2.24) is 0 Å². The lowest BCUT2D eigenvalue weighted by Gasteiger charge is -2.24. The van der Waals surface area contributed by atoms with Crippen molar-refractivity contribution in [1.29, 1.82) is 0 Å². The maximum atomic E-state index is 10.5. The molecule has 0 atom stereocenters. The van der Waals surface area contributed by atoms with Crippen LogP contribution in [0.15, 0.2) is 30.3 Å². The number of rotatable bonds is 9. The fraction of sp³-hybridized carbons (Fsp3) is 0.500. The fourth-order valence-electron chi connectivity index (χ4n) is 1.75. The highest BCUT2D eigenvalue weighted by Gasteiger charge is 2.06. The summed E-state index contributed by atoms with van der Waals surface area (Å²) in [6.07, 6.45) is 0.855. The predicted molar refractivity (Wildman–Crippen MR) is 72.0 cm³/mol. The van der Waals surface area contributed by atoms with Crippen LogP contribution in [0.3, 0.4) is 0 Å². The van der Waals surface area contributed by atoms with Crippen LogP contribution in [-0.4, -0.2) is 37.4 Å². The number of carboxylic acid groups (broad SMARTS) is 1. The van der Waals surface area contributed by atoms with E-state index in [9.17, 15) is 4.79 Å². The molecule has 0 saturated carbocycles. The van der Waals surface area contributed by atoms with E-state index in [1.165, 1.54) is 0 Å². The summed E-state index contributed by atoms with van der Waals surface area (Å²) >= 11 is 0. The number of ether oxygens (including phenoxy) is 1. The van der Waals surface area contributed by atoms with E-state index >= 15 is 0 Å². The maximum Gasteiger partial charge on any atom is 0.303 e. The van der Waals surface area contributed by atoms with Gasteiger partial charge in [0.05, 0.1) is 6.61 Å². The Balaban J connectivity index is 2.49. The van der Waals surface area contributed by atoms with Crippen LogP contribution < -0.4 is 4.90 Å². The van der Waals surface area contributed by atoms with E-state index in [0.717, 1.165) is 18.8 Å². The van der Waals surface area contributed by atoms with E-state index in [0.29, 0.717) is 19.6 Å². The quantitative estimate of drug-likeness (QED) is 0.685. The van der Waals surface area contributed by atoms with Crippen molar-refractivity contribution in [3.05, 3.63) is 30.3 Å². The summed E-state index contributed by atoms with van der Waals surface area (Å²) < 4.78 is 5.35. The Morgan fingerprint density at radius 1 is 1.28 bits per heavy atom. The van der Waals surface area contributed by atoms with Crippen molar-refractivity contribution >= 4 is 11.7 Å². The Hall–Kier alpha value is -1.55. The van der Waals surface area contributed by atoms with Gasteiger partial charge < -0.3 is 14.7 Å². The zero-order valence-electron chi connectivity index (χ0n) is 10.8. The Morgan fingerprint density at radius 2 is 2.00 bits per heavy atom. The molecule has 0 fully saturated rings. The maximum absolute atomic E-state index is 10.5. The zero-order chi connectivity index (χ0) is 13.2. The number of para-hydroxylation sites is 1. The summed E-state index contributed by atoms with van der Waals surface area (Å²) in [6.45, 7) is 4.87. The summed E-state index contributed by atoms with van der Waals surface area (Å²) in [5.74, 6) is -0.743. The molecule has 1 aromatic rings. The van der Waals surface area contributed by atoms with Gasteiger partial charge >= 0.3 is 5.97 Å². The standard InChI is InChI=1S/C14H21NO3/c1-2-18-12-11-15(10-6-9-14(16)17)13-7-4-3-5-8-13/h3-5,7-8H,2,6,9-12H2,1H3,(H,16,17). The van der Waals surface area contributed by atoms with E-state index in [1.807, 2.05) is 37.3 Å². The number of nitrogens with zero attached hydrogens (tertiary/aromatic N) is 1. The first-order valence-electron chi connectivity index (χ1n) is 6.33. The van der Waals surface area contributed by atoms with Gasteiger partial charge in [-0.25, -0.2) is 0 Å². The van der Waals surface area contributed by atoms with E-state index in [2.05, 4.69) is 4.90 Å². The summed E-state index contributed by atoms with van der Waals surface area (Å²) in [7, 11) is 0. The molecule has 4 heteroatoms. The van der Waals surface area contributed by atoms with E-state index in [4.69, 9.17) is 9.84 Å². The minimum Gasteiger partial charge on any atom is -0.481 e. The Morgan fingerprint density at radius 3 is 2.61 bits per heavy atom. The largest absolute Gasteiger partial charge is 0.481 e. The summed E-state index contributed by atoms with van der Waals surface area (Å²) in [4.78, 5) is 12.7. The minimum absolute atomic E-state index is 0.206. The summed E-state index contributed by atoms with van der Waals surface area (Å²) in [5, 5.41) is 8.67. The van der Waals surface area contributed by atoms with Crippen LogP contribution in [0.25, 0.3) is 0 Å². The molecule has 0 aliphatic carbocycles. The van der Waals surface area contributed by atoms with Crippen molar-refractivity contribution in [3.8, 4) is 0 Å². The minimum atomic E-state index is -0.743. The van der Waals surface area contributed by atoms with Gasteiger partial charge in [-0.05, 0) is 25.5 Å².